The van der Waals surface area contributed by atoms with Gasteiger partial charge >= 0.3 is 0 Å². The van der Waals surface area contributed by atoms with Crippen LogP contribution >= 0.6 is 11.3 Å². The first-order valence-corrected chi connectivity index (χ1v) is 7.35. The molecule has 6 heteroatoms. The van der Waals surface area contributed by atoms with Crippen molar-refractivity contribution in [2.24, 2.45) is 5.73 Å². The van der Waals surface area contributed by atoms with Crippen LogP contribution in [0.2, 0.25) is 0 Å². The van der Waals surface area contributed by atoms with E-state index in [0.717, 1.165) is 37.7 Å². The molecule has 2 aliphatic rings. The lowest BCUT2D eigenvalue weighted by Crippen LogP contribution is -2.27. The Balaban J connectivity index is 1.84. The van der Waals surface area contributed by atoms with Crippen molar-refractivity contribution in [3.63, 3.8) is 0 Å². The molecule has 3 N–H and O–H groups in total. The monoisotopic (exact) mass is 280 g/mol. The van der Waals surface area contributed by atoms with Crippen molar-refractivity contribution in [3.05, 3.63) is 16.0 Å². The van der Waals surface area contributed by atoms with Gasteiger partial charge in [0.15, 0.2) is 0 Å². The summed E-state index contributed by atoms with van der Waals surface area (Å²) in [7, 11) is 0. The zero-order valence-corrected chi connectivity index (χ0v) is 11.3. The third kappa shape index (κ3) is 2.26. The molecule has 0 radical (unpaired) electrons. The summed E-state index contributed by atoms with van der Waals surface area (Å²) in [4.78, 5) is 24.8. The average molecular weight is 280 g/mol. The van der Waals surface area contributed by atoms with E-state index in [-0.39, 0.29) is 5.91 Å². The number of fused-ring (bicyclic) bond motifs is 1. The molecule has 1 fully saturated rings. The number of thiophene rings is 1. The van der Waals surface area contributed by atoms with Crippen LogP contribution in [0.15, 0.2) is 0 Å². The Morgan fingerprint density at radius 1 is 1.32 bits per heavy atom. The molecule has 2 heterocycles. The number of primary amides is 1. The summed E-state index contributed by atoms with van der Waals surface area (Å²) in [5.74, 6) is -0.623. The van der Waals surface area contributed by atoms with Crippen molar-refractivity contribution in [3.8, 4) is 0 Å². The molecule has 5 nitrogen and oxygen atoms in total. The van der Waals surface area contributed by atoms with Gasteiger partial charge in [-0.2, -0.15) is 0 Å². The maximum atomic E-state index is 12.0. The number of hydrogen-bond acceptors (Lipinski definition) is 4. The highest BCUT2D eigenvalue weighted by atomic mass is 32.1. The van der Waals surface area contributed by atoms with Crippen LogP contribution in [0.5, 0.6) is 0 Å². The summed E-state index contributed by atoms with van der Waals surface area (Å²) < 4.78 is 5.34. The van der Waals surface area contributed by atoms with Gasteiger partial charge in [0, 0.05) is 11.5 Å². The zero-order chi connectivity index (χ0) is 13.4. The zero-order valence-electron chi connectivity index (χ0n) is 10.5. The van der Waals surface area contributed by atoms with Crippen molar-refractivity contribution in [1.82, 2.24) is 0 Å². The molecule has 1 aromatic heterocycles. The molecular weight excluding hydrogens is 264 g/mol. The van der Waals surface area contributed by atoms with Crippen molar-refractivity contribution in [2.45, 2.75) is 38.2 Å². The van der Waals surface area contributed by atoms with Gasteiger partial charge in [-0.25, -0.2) is 0 Å². The molecule has 0 aromatic carbocycles. The van der Waals surface area contributed by atoms with Crippen LogP contribution in [0, 0.1) is 0 Å². The van der Waals surface area contributed by atoms with Crippen LogP contribution in [-0.4, -0.2) is 24.5 Å². The van der Waals surface area contributed by atoms with Crippen molar-refractivity contribution in [2.75, 3.05) is 11.9 Å². The summed E-state index contributed by atoms with van der Waals surface area (Å²) in [5, 5.41) is 3.41. The SMILES string of the molecule is NC(=O)c1c(NC(=O)[C@H]2CCCO2)sc2c1CCC2. The van der Waals surface area contributed by atoms with E-state index in [4.69, 9.17) is 10.5 Å². The molecule has 1 saturated heterocycles. The molecular formula is C13H16N2O3S. The number of aryl methyl sites for hydroxylation is 1. The van der Waals surface area contributed by atoms with Gasteiger partial charge in [-0.05, 0) is 37.7 Å². The molecule has 0 saturated carbocycles. The Morgan fingerprint density at radius 3 is 2.84 bits per heavy atom. The van der Waals surface area contributed by atoms with Crippen LogP contribution in [0.25, 0.3) is 0 Å². The Morgan fingerprint density at radius 2 is 2.16 bits per heavy atom. The van der Waals surface area contributed by atoms with Crippen LogP contribution in [-0.2, 0) is 22.4 Å². The van der Waals surface area contributed by atoms with Gasteiger partial charge in [0.2, 0.25) is 0 Å². The normalized spacial score (nSPS) is 21.4. The maximum Gasteiger partial charge on any atom is 0.254 e. The number of nitrogens with one attached hydrogen (secondary N) is 1. The maximum absolute atomic E-state index is 12.0. The highest BCUT2D eigenvalue weighted by Gasteiger charge is 2.29. The fourth-order valence-corrected chi connectivity index (χ4v) is 4.03. The Labute approximate surface area is 115 Å². The van der Waals surface area contributed by atoms with Gasteiger partial charge in [0.1, 0.15) is 11.1 Å². The van der Waals surface area contributed by atoms with E-state index in [0.29, 0.717) is 17.2 Å². The van der Waals surface area contributed by atoms with E-state index >= 15 is 0 Å². The molecule has 1 aliphatic carbocycles. The Hall–Kier alpha value is -1.40. The molecule has 0 spiro atoms. The highest BCUT2D eigenvalue weighted by Crippen LogP contribution is 2.39. The molecule has 1 aliphatic heterocycles. The lowest BCUT2D eigenvalue weighted by Gasteiger charge is -2.10. The lowest BCUT2D eigenvalue weighted by atomic mass is 10.1. The van der Waals surface area contributed by atoms with Gasteiger partial charge in [0.05, 0.1) is 5.56 Å². The number of amides is 2. The largest absolute Gasteiger partial charge is 0.368 e. The molecule has 3 rings (SSSR count). The molecule has 1 aromatic rings. The molecule has 2 amide bonds. The first kappa shape index (κ1) is 12.6. The minimum Gasteiger partial charge on any atom is -0.368 e. The van der Waals surface area contributed by atoms with Crippen molar-refractivity contribution >= 4 is 28.2 Å². The van der Waals surface area contributed by atoms with Gasteiger partial charge < -0.3 is 15.8 Å². The van der Waals surface area contributed by atoms with Crippen LogP contribution < -0.4 is 11.1 Å². The smallest absolute Gasteiger partial charge is 0.254 e. The van der Waals surface area contributed by atoms with Gasteiger partial charge in [0.25, 0.3) is 11.8 Å². The molecule has 0 bridgehead atoms. The molecule has 19 heavy (non-hydrogen) atoms. The van der Waals surface area contributed by atoms with Gasteiger partial charge in [-0.3, -0.25) is 9.59 Å². The van der Waals surface area contributed by atoms with Crippen LogP contribution in [0.4, 0.5) is 5.00 Å². The molecule has 1 atom stereocenters. The van der Waals surface area contributed by atoms with E-state index < -0.39 is 12.0 Å². The molecule has 0 unspecified atom stereocenters. The van der Waals surface area contributed by atoms with E-state index in [1.165, 1.54) is 16.2 Å². The summed E-state index contributed by atoms with van der Waals surface area (Å²) in [6.07, 6.45) is 4.15. The average Bonchev–Trinajstić information content (AvgIpc) is 3.03. The molecule has 102 valence electrons. The first-order chi connectivity index (χ1) is 9.16. The minimum atomic E-state index is -0.456. The topological polar surface area (TPSA) is 81.4 Å². The standard InChI is InChI=1S/C13H16N2O3S/c14-11(16)10-7-3-1-5-9(7)19-13(10)15-12(17)8-4-2-6-18-8/h8H,1-6H2,(H2,14,16)(H,15,17)/t8-/m1/s1. The summed E-state index contributed by atoms with van der Waals surface area (Å²) in [6, 6.07) is 0. The summed E-state index contributed by atoms with van der Waals surface area (Å²) in [5.41, 5.74) is 6.98. The first-order valence-electron chi connectivity index (χ1n) is 6.53. The quantitative estimate of drug-likeness (QED) is 0.879. The number of anilines is 1. The second-order valence-corrected chi connectivity index (χ2v) is 6.02. The lowest BCUT2D eigenvalue weighted by molar-refractivity contribution is -0.124. The minimum absolute atomic E-state index is 0.167. The third-order valence-corrected chi connectivity index (χ3v) is 4.83. The highest BCUT2D eigenvalue weighted by molar-refractivity contribution is 7.17. The number of rotatable bonds is 3. The second kappa shape index (κ2) is 4.94. The van der Waals surface area contributed by atoms with E-state index in [2.05, 4.69) is 5.32 Å². The summed E-state index contributed by atoms with van der Waals surface area (Å²) >= 11 is 1.48. The number of carbonyl (C=O) groups excluding carboxylic acids is 2. The van der Waals surface area contributed by atoms with E-state index in [9.17, 15) is 9.59 Å². The number of nitrogens with two attached hydrogens (primary N) is 1. The number of ether oxygens (including phenoxy) is 1. The van der Waals surface area contributed by atoms with E-state index in [1.807, 2.05) is 0 Å². The van der Waals surface area contributed by atoms with Crippen LogP contribution in [0.3, 0.4) is 0 Å². The van der Waals surface area contributed by atoms with Gasteiger partial charge in [-0.15, -0.1) is 11.3 Å². The van der Waals surface area contributed by atoms with Gasteiger partial charge in [-0.1, -0.05) is 0 Å². The Bertz CT molecular complexity index is 532. The fourth-order valence-electron chi connectivity index (χ4n) is 2.73. The third-order valence-electron chi connectivity index (χ3n) is 3.63. The second-order valence-electron chi connectivity index (χ2n) is 4.92. The summed E-state index contributed by atoms with van der Waals surface area (Å²) in [6.45, 7) is 0.627. The number of carbonyl (C=O) groups is 2. The predicted molar refractivity (Wildman–Crippen MR) is 72.5 cm³/mol. The fraction of sp³-hybridized carbons (Fsp3) is 0.538. The van der Waals surface area contributed by atoms with Crippen molar-refractivity contribution < 1.29 is 14.3 Å². The Kier molecular flexibility index (Phi) is 3.28. The van der Waals surface area contributed by atoms with E-state index in [1.54, 1.807) is 0 Å². The predicted octanol–water partition coefficient (Wildman–Crippen LogP) is 1.45. The van der Waals surface area contributed by atoms with Crippen molar-refractivity contribution in [1.29, 1.82) is 0 Å². The van der Waals surface area contributed by atoms with Crippen LogP contribution in [0.1, 0.15) is 40.1 Å². The number of hydrogen-bond donors (Lipinski definition) is 2.